The summed E-state index contributed by atoms with van der Waals surface area (Å²) in [6.45, 7) is 7.61. The number of likely N-dealkylation sites (tertiary alicyclic amines) is 1. The first-order valence-corrected chi connectivity index (χ1v) is 11.7. The van der Waals surface area contributed by atoms with Gasteiger partial charge in [0.15, 0.2) is 5.96 Å². The maximum absolute atomic E-state index is 5.80. The number of guanidine groups is 1. The SMILES string of the molecule is CCNC(=NCc1ccnc(OCC2CC2)c1)NC1CCN(Cc2ccccc2)CC1.I. The molecule has 2 aliphatic rings. The number of nitrogens with zero attached hydrogens (tertiary/aromatic N) is 3. The fraction of sp³-hybridized carbons (Fsp3) is 0.520. The summed E-state index contributed by atoms with van der Waals surface area (Å²) in [5.41, 5.74) is 2.51. The number of hydrogen-bond donors (Lipinski definition) is 2. The highest BCUT2D eigenvalue weighted by Crippen LogP contribution is 2.29. The molecule has 174 valence electrons. The van der Waals surface area contributed by atoms with Crippen molar-refractivity contribution in [2.75, 3.05) is 26.2 Å². The first-order chi connectivity index (χ1) is 15.3. The predicted octanol–water partition coefficient (Wildman–Crippen LogP) is 4.21. The lowest BCUT2D eigenvalue weighted by Gasteiger charge is -2.33. The van der Waals surface area contributed by atoms with Crippen molar-refractivity contribution in [2.45, 2.75) is 51.7 Å². The smallest absolute Gasteiger partial charge is 0.213 e. The van der Waals surface area contributed by atoms with E-state index in [1.165, 1.54) is 18.4 Å². The molecule has 0 amide bonds. The number of halogens is 1. The van der Waals surface area contributed by atoms with E-state index in [2.05, 4.69) is 57.8 Å². The van der Waals surface area contributed by atoms with E-state index >= 15 is 0 Å². The molecule has 0 bridgehead atoms. The zero-order chi connectivity index (χ0) is 21.3. The molecule has 0 radical (unpaired) electrons. The van der Waals surface area contributed by atoms with Gasteiger partial charge in [-0.25, -0.2) is 9.98 Å². The van der Waals surface area contributed by atoms with E-state index in [0.29, 0.717) is 18.5 Å². The van der Waals surface area contributed by atoms with Crippen LogP contribution in [0.2, 0.25) is 0 Å². The van der Waals surface area contributed by atoms with Crippen LogP contribution in [0.5, 0.6) is 5.88 Å². The van der Waals surface area contributed by atoms with Gasteiger partial charge >= 0.3 is 0 Å². The van der Waals surface area contributed by atoms with Crippen molar-refractivity contribution in [2.24, 2.45) is 10.9 Å². The van der Waals surface area contributed by atoms with E-state index < -0.39 is 0 Å². The number of benzene rings is 1. The Morgan fingerprint density at radius 3 is 2.59 bits per heavy atom. The molecule has 2 heterocycles. The minimum absolute atomic E-state index is 0. The van der Waals surface area contributed by atoms with Crippen molar-refractivity contribution in [3.8, 4) is 5.88 Å². The monoisotopic (exact) mass is 549 g/mol. The molecule has 1 aliphatic heterocycles. The maximum Gasteiger partial charge on any atom is 0.213 e. The summed E-state index contributed by atoms with van der Waals surface area (Å²) in [6.07, 6.45) is 6.65. The molecular weight excluding hydrogens is 513 g/mol. The quantitative estimate of drug-likeness (QED) is 0.279. The van der Waals surface area contributed by atoms with Crippen molar-refractivity contribution >= 4 is 29.9 Å². The second-order valence-electron chi connectivity index (χ2n) is 8.63. The van der Waals surface area contributed by atoms with Gasteiger partial charge in [0.1, 0.15) is 0 Å². The Morgan fingerprint density at radius 2 is 1.88 bits per heavy atom. The molecule has 4 rings (SSSR count). The van der Waals surface area contributed by atoms with Gasteiger partial charge in [-0.15, -0.1) is 24.0 Å². The molecule has 1 aliphatic carbocycles. The van der Waals surface area contributed by atoms with E-state index in [4.69, 9.17) is 9.73 Å². The highest BCUT2D eigenvalue weighted by atomic mass is 127. The summed E-state index contributed by atoms with van der Waals surface area (Å²) in [6, 6.07) is 15.2. The largest absolute Gasteiger partial charge is 0.477 e. The van der Waals surface area contributed by atoms with Gasteiger partial charge in [-0.2, -0.15) is 0 Å². The molecule has 1 saturated carbocycles. The number of ether oxygens (including phenoxy) is 1. The van der Waals surface area contributed by atoms with Crippen molar-refractivity contribution in [1.29, 1.82) is 0 Å². The van der Waals surface area contributed by atoms with Crippen LogP contribution in [0.4, 0.5) is 0 Å². The van der Waals surface area contributed by atoms with Crippen LogP contribution in [0.3, 0.4) is 0 Å². The van der Waals surface area contributed by atoms with Gasteiger partial charge in [0.2, 0.25) is 5.88 Å². The Kier molecular flexibility index (Phi) is 10.1. The summed E-state index contributed by atoms with van der Waals surface area (Å²) >= 11 is 0. The van der Waals surface area contributed by atoms with Crippen LogP contribution in [0, 0.1) is 5.92 Å². The Labute approximate surface area is 209 Å². The molecule has 32 heavy (non-hydrogen) atoms. The van der Waals surface area contributed by atoms with Crippen LogP contribution in [0.1, 0.15) is 43.7 Å². The van der Waals surface area contributed by atoms with E-state index in [0.717, 1.165) is 63.1 Å². The maximum atomic E-state index is 5.80. The molecular formula is C25H36IN5O. The van der Waals surface area contributed by atoms with Crippen molar-refractivity contribution < 1.29 is 4.74 Å². The summed E-state index contributed by atoms with van der Waals surface area (Å²) in [4.78, 5) is 11.7. The van der Waals surface area contributed by atoms with Crippen LogP contribution in [-0.4, -0.2) is 48.1 Å². The Bertz CT molecular complexity index is 835. The third-order valence-electron chi connectivity index (χ3n) is 5.90. The summed E-state index contributed by atoms with van der Waals surface area (Å²) in [5.74, 6) is 2.33. The standard InChI is InChI=1S/C25H35N5O.HI/c1-2-26-25(28-17-22-10-13-27-24(16-22)31-19-21-8-9-21)29-23-11-14-30(15-12-23)18-20-6-4-3-5-7-20;/h3-7,10,13,16,21,23H,2,8-9,11-12,14-15,17-19H2,1H3,(H2,26,28,29);1H. The Balaban J connectivity index is 0.00000289. The molecule has 0 spiro atoms. The average molecular weight is 550 g/mol. The zero-order valence-corrected chi connectivity index (χ0v) is 21.3. The lowest BCUT2D eigenvalue weighted by molar-refractivity contribution is 0.198. The minimum atomic E-state index is 0. The number of aromatic nitrogens is 1. The number of piperidine rings is 1. The van der Waals surface area contributed by atoms with Gasteiger partial charge < -0.3 is 15.4 Å². The zero-order valence-electron chi connectivity index (χ0n) is 19.0. The van der Waals surface area contributed by atoms with Crippen molar-refractivity contribution in [3.63, 3.8) is 0 Å². The van der Waals surface area contributed by atoms with E-state index in [9.17, 15) is 0 Å². The van der Waals surface area contributed by atoms with Crippen LogP contribution >= 0.6 is 24.0 Å². The van der Waals surface area contributed by atoms with Gasteiger partial charge in [-0.1, -0.05) is 30.3 Å². The third-order valence-corrected chi connectivity index (χ3v) is 5.90. The van der Waals surface area contributed by atoms with Crippen LogP contribution < -0.4 is 15.4 Å². The van der Waals surface area contributed by atoms with Crippen LogP contribution in [0.25, 0.3) is 0 Å². The van der Waals surface area contributed by atoms with Crippen molar-refractivity contribution in [3.05, 3.63) is 59.8 Å². The van der Waals surface area contributed by atoms with E-state index in [1.54, 1.807) is 0 Å². The molecule has 2 aromatic rings. The van der Waals surface area contributed by atoms with Crippen LogP contribution in [-0.2, 0) is 13.1 Å². The minimum Gasteiger partial charge on any atom is -0.477 e. The number of hydrogen-bond acceptors (Lipinski definition) is 4. The van der Waals surface area contributed by atoms with Gasteiger partial charge in [0, 0.05) is 44.5 Å². The number of rotatable bonds is 9. The molecule has 2 N–H and O–H groups in total. The van der Waals surface area contributed by atoms with Gasteiger partial charge in [0.05, 0.1) is 13.2 Å². The number of aliphatic imine (C=N–C) groups is 1. The number of pyridine rings is 1. The first-order valence-electron chi connectivity index (χ1n) is 11.7. The lowest BCUT2D eigenvalue weighted by Crippen LogP contribution is -2.48. The second-order valence-corrected chi connectivity index (χ2v) is 8.63. The van der Waals surface area contributed by atoms with Gasteiger partial charge in [-0.05, 0) is 55.7 Å². The Morgan fingerprint density at radius 1 is 1.09 bits per heavy atom. The number of nitrogens with one attached hydrogen (secondary N) is 2. The molecule has 6 nitrogen and oxygen atoms in total. The van der Waals surface area contributed by atoms with Crippen LogP contribution in [0.15, 0.2) is 53.7 Å². The van der Waals surface area contributed by atoms with Gasteiger partial charge in [0.25, 0.3) is 0 Å². The molecule has 1 aromatic carbocycles. The molecule has 0 unspecified atom stereocenters. The topological polar surface area (TPSA) is 61.8 Å². The fourth-order valence-corrected chi connectivity index (χ4v) is 3.88. The van der Waals surface area contributed by atoms with Crippen molar-refractivity contribution in [1.82, 2.24) is 20.5 Å². The van der Waals surface area contributed by atoms with Gasteiger partial charge in [-0.3, -0.25) is 4.90 Å². The molecule has 2 fully saturated rings. The third kappa shape index (κ3) is 8.24. The molecule has 1 aromatic heterocycles. The normalized spacial score (nSPS) is 17.5. The Hall–Kier alpha value is -1.87. The molecule has 7 heteroatoms. The average Bonchev–Trinajstić information content (AvgIpc) is 3.63. The second kappa shape index (κ2) is 13.0. The summed E-state index contributed by atoms with van der Waals surface area (Å²) in [5, 5.41) is 7.03. The highest BCUT2D eigenvalue weighted by molar-refractivity contribution is 14.0. The molecule has 0 atom stereocenters. The summed E-state index contributed by atoms with van der Waals surface area (Å²) < 4.78 is 5.80. The first kappa shape index (κ1) is 24.8. The fourth-order valence-electron chi connectivity index (χ4n) is 3.88. The molecule has 1 saturated heterocycles. The summed E-state index contributed by atoms with van der Waals surface area (Å²) in [7, 11) is 0. The van der Waals surface area contributed by atoms with E-state index in [-0.39, 0.29) is 24.0 Å². The highest BCUT2D eigenvalue weighted by Gasteiger charge is 2.22. The van der Waals surface area contributed by atoms with E-state index in [1.807, 2.05) is 18.3 Å². The lowest BCUT2D eigenvalue weighted by atomic mass is 10.0. The predicted molar refractivity (Wildman–Crippen MR) is 141 cm³/mol.